The molecule has 0 aliphatic carbocycles. The summed E-state index contributed by atoms with van der Waals surface area (Å²) in [6.07, 6.45) is 2.57. The number of nitrogens with one attached hydrogen (secondary N) is 2. The monoisotopic (exact) mass is 343 g/mol. The lowest BCUT2D eigenvalue weighted by atomic mass is 9.99. The van der Waals surface area contributed by atoms with Gasteiger partial charge in [-0.25, -0.2) is 0 Å². The van der Waals surface area contributed by atoms with Gasteiger partial charge < -0.3 is 14.6 Å². The third-order valence-electron chi connectivity index (χ3n) is 5.16. The summed E-state index contributed by atoms with van der Waals surface area (Å²) in [7, 11) is 0. The summed E-state index contributed by atoms with van der Waals surface area (Å²) in [6, 6.07) is 5.80. The minimum atomic E-state index is 0.159. The zero-order valence-corrected chi connectivity index (χ0v) is 15.9. The number of ether oxygens (including phenoxy) is 1. The van der Waals surface area contributed by atoms with E-state index in [9.17, 15) is 4.79 Å². The number of fused-ring (bicyclic) bond motifs is 1. The second-order valence-electron chi connectivity index (χ2n) is 8.10. The van der Waals surface area contributed by atoms with E-state index >= 15 is 0 Å². The molecule has 2 N–H and O–H groups in total. The standard InChI is InChI=1S/C21H30N2O2/c1-14(2)13-25-17-7-8-20-18(10-17)21(24)19(16(4)22-20)12-23-9-5-6-15(3)11-23/h7-8,10,14-15H,5-6,9,11-13H2,1-4H3,(H,22,24)/p+1/t15-/m0/s1. The number of pyridine rings is 1. The van der Waals surface area contributed by atoms with Crippen molar-refractivity contribution in [1.29, 1.82) is 0 Å². The average molecular weight is 343 g/mol. The molecular formula is C21H31N2O2+. The van der Waals surface area contributed by atoms with E-state index in [0.29, 0.717) is 12.5 Å². The average Bonchev–Trinajstić information content (AvgIpc) is 2.57. The Hall–Kier alpha value is -1.81. The number of quaternary nitrogens is 1. The summed E-state index contributed by atoms with van der Waals surface area (Å²) in [6.45, 7) is 12.4. The molecule has 25 heavy (non-hydrogen) atoms. The van der Waals surface area contributed by atoms with Gasteiger partial charge in [-0.15, -0.1) is 0 Å². The Bertz CT molecular complexity index is 794. The Labute approximate surface area is 150 Å². The molecule has 2 aromatic rings. The van der Waals surface area contributed by atoms with E-state index in [2.05, 4.69) is 25.8 Å². The van der Waals surface area contributed by atoms with Crippen LogP contribution < -0.4 is 15.1 Å². The lowest BCUT2D eigenvalue weighted by Crippen LogP contribution is -3.12. The molecule has 4 heteroatoms. The van der Waals surface area contributed by atoms with Crippen LogP contribution in [0.1, 0.15) is 44.9 Å². The van der Waals surface area contributed by atoms with E-state index in [4.69, 9.17) is 4.74 Å². The van der Waals surface area contributed by atoms with Gasteiger partial charge in [-0.2, -0.15) is 0 Å². The number of rotatable bonds is 5. The highest BCUT2D eigenvalue weighted by atomic mass is 16.5. The molecule has 1 unspecified atom stereocenters. The van der Waals surface area contributed by atoms with Crippen molar-refractivity contribution in [2.24, 2.45) is 11.8 Å². The maximum atomic E-state index is 13.1. The van der Waals surface area contributed by atoms with Crippen LogP contribution in [-0.2, 0) is 6.54 Å². The fourth-order valence-corrected chi connectivity index (χ4v) is 3.80. The van der Waals surface area contributed by atoms with Crippen LogP contribution >= 0.6 is 0 Å². The van der Waals surface area contributed by atoms with Gasteiger partial charge in [-0.1, -0.05) is 20.8 Å². The van der Waals surface area contributed by atoms with Gasteiger partial charge in [-0.05, 0) is 43.9 Å². The smallest absolute Gasteiger partial charge is 0.198 e. The molecule has 1 aliphatic rings. The minimum absolute atomic E-state index is 0.159. The molecule has 0 amide bonds. The van der Waals surface area contributed by atoms with Crippen molar-refractivity contribution in [2.75, 3.05) is 19.7 Å². The maximum Gasteiger partial charge on any atom is 0.198 e. The van der Waals surface area contributed by atoms with Crippen LogP contribution in [0.2, 0.25) is 0 Å². The Morgan fingerprint density at radius 1 is 1.36 bits per heavy atom. The highest BCUT2D eigenvalue weighted by molar-refractivity contribution is 5.81. The number of aromatic amines is 1. The predicted molar refractivity (Wildman–Crippen MR) is 102 cm³/mol. The summed E-state index contributed by atoms with van der Waals surface area (Å²) in [5.41, 5.74) is 2.98. The van der Waals surface area contributed by atoms with Gasteiger partial charge in [0.15, 0.2) is 5.43 Å². The zero-order valence-electron chi connectivity index (χ0n) is 15.9. The number of hydrogen-bond acceptors (Lipinski definition) is 2. The first-order valence-corrected chi connectivity index (χ1v) is 9.56. The molecule has 0 radical (unpaired) electrons. The van der Waals surface area contributed by atoms with Gasteiger partial charge in [0.2, 0.25) is 0 Å². The van der Waals surface area contributed by atoms with Gasteiger partial charge in [0.1, 0.15) is 12.3 Å². The Morgan fingerprint density at radius 2 is 2.16 bits per heavy atom. The summed E-state index contributed by atoms with van der Waals surface area (Å²) >= 11 is 0. The molecule has 0 bridgehead atoms. The summed E-state index contributed by atoms with van der Waals surface area (Å²) in [5, 5.41) is 0.742. The molecule has 2 heterocycles. The van der Waals surface area contributed by atoms with E-state index in [1.165, 1.54) is 24.3 Å². The Kier molecular flexibility index (Phi) is 5.48. The number of benzene rings is 1. The van der Waals surface area contributed by atoms with Gasteiger partial charge in [0.05, 0.1) is 25.3 Å². The maximum absolute atomic E-state index is 13.1. The normalized spacial score (nSPS) is 21.0. The lowest BCUT2D eigenvalue weighted by molar-refractivity contribution is -0.922. The van der Waals surface area contributed by atoms with Crippen LogP contribution in [-0.4, -0.2) is 24.7 Å². The molecule has 0 spiro atoms. The number of piperidine rings is 1. The van der Waals surface area contributed by atoms with E-state index in [0.717, 1.165) is 46.9 Å². The highest BCUT2D eigenvalue weighted by Crippen LogP contribution is 2.19. The number of H-pyrrole nitrogens is 1. The number of aryl methyl sites for hydroxylation is 1. The quantitative estimate of drug-likeness (QED) is 0.877. The van der Waals surface area contributed by atoms with Crippen LogP contribution in [0.25, 0.3) is 10.9 Å². The predicted octanol–water partition coefficient (Wildman–Crippen LogP) is 2.69. The number of aromatic nitrogens is 1. The highest BCUT2D eigenvalue weighted by Gasteiger charge is 2.22. The summed E-state index contributed by atoms with van der Waals surface area (Å²) in [4.78, 5) is 18.1. The molecule has 1 aliphatic heterocycles. The van der Waals surface area contributed by atoms with Crippen LogP contribution in [0.5, 0.6) is 5.75 Å². The number of hydrogen-bond donors (Lipinski definition) is 2. The van der Waals surface area contributed by atoms with E-state index < -0.39 is 0 Å². The van der Waals surface area contributed by atoms with Crippen molar-refractivity contribution in [1.82, 2.24) is 4.98 Å². The van der Waals surface area contributed by atoms with Gasteiger partial charge >= 0.3 is 0 Å². The molecule has 1 aromatic heterocycles. The molecule has 1 saturated heterocycles. The fraction of sp³-hybridized carbons (Fsp3) is 0.571. The Morgan fingerprint density at radius 3 is 2.88 bits per heavy atom. The third kappa shape index (κ3) is 4.24. The molecular weight excluding hydrogens is 312 g/mol. The number of likely N-dealkylation sites (tertiary alicyclic amines) is 1. The second kappa shape index (κ2) is 7.61. The van der Waals surface area contributed by atoms with Gasteiger partial charge in [0.25, 0.3) is 0 Å². The van der Waals surface area contributed by atoms with Crippen LogP contribution in [0.4, 0.5) is 0 Å². The first-order valence-electron chi connectivity index (χ1n) is 9.56. The van der Waals surface area contributed by atoms with Crippen molar-refractivity contribution in [3.8, 4) is 5.75 Å². The van der Waals surface area contributed by atoms with E-state index in [1.807, 2.05) is 25.1 Å². The van der Waals surface area contributed by atoms with Crippen molar-refractivity contribution in [3.05, 3.63) is 39.7 Å². The summed E-state index contributed by atoms with van der Waals surface area (Å²) < 4.78 is 5.81. The lowest BCUT2D eigenvalue weighted by Gasteiger charge is -2.28. The summed E-state index contributed by atoms with van der Waals surface area (Å²) in [5.74, 6) is 1.99. The molecule has 136 valence electrons. The molecule has 0 saturated carbocycles. The second-order valence-corrected chi connectivity index (χ2v) is 8.10. The largest absolute Gasteiger partial charge is 0.493 e. The van der Waals surface area contributed by atoms with Gasteiger partial charge in [-0.3, -0.25) is 4.79 Å². The third-order valence-corrected chi connectivity index (χ3v) is 5.16. The van der Waals surface area contributed by atoms with Gasteiger partial charge in [0, 0.05) is 22.5 Å². The van der Waals surface area contributed by atoms with E-state index in [-0.39, 0.29) is 5.43 Å². The van der Waals surface area contributed by atoms with Crippen molar-refractivity contribution in [3.63, 3.8) is 0 Å². The van der Waals surface area contributed by atoms with Crippen LogP contribution in [0.15, 0.2) is 23.0 Å². The van der Waals surface area contributed by atoms with Crippen molar-refractivity contribution in [2.45, 2.75) is 47.1 Å². The topological polar surface area (TPSA) is 46.5 Å². The van der Waals surface area contributed by atoms with Crippen molar-refractivity contribution < 1.29 is 9.64 Å². The zero-order chi connectivity index (χ0) is 18.0. The van der Waals surface area contributed by atoms with E-state index in [1.54, 1.807) is 0 Å². The first kappa shape index (κ1) is 18.0. The van der Waals surface area contributed by atoms with Crippen LogP contribution in [0.3, 0.4) is 0 Å². The molecule has 1 fully saturated rings. The molecule has 4 nitrogen and oxygen atoms in total. The first-order chi connectivity index (χ1) is 11.9. The molecule has 2 atom stereocenters. The fourth-order valence-electron chi connectivity index (χ4n) is 3.80. The van der Waals surface area contributed by atoms with Crippen molar-refractivity contribution >= 4 is 10.9 Å². The minimum Gasteiger partial charge on any atom is -0.493 e. The molecule has 3 rings (SSSR count). The molecule has 1 aromatic carbocycles. The Balaban J connectivity index is 1.91. The van der Waals surface area contributed by atoms with Crippen LogP contribution in [0, 0.1) is 18.8 Å². The SMILES string of the molecule is Cc1[nH]c2ccc(OCC(C)C)cc2c(=O)c1C[NH+]1CCC[C@H](C)C1.